The van der Waals surface area contributed by atoms with E-state index in [0.717, 1.165) is 34.9 Å². The molecule has 0 aliphatic carbocycles. The van der Waals surface area contributed by atoms with E-state index in [1.54, 1.807) is 23.1 Å². The van der Waals surface area contributed by atoms with Gasteiger partial charge >= 0.3 is 0 Å². The first-order valence-electron chi connectivity index (χ1n) is 6.54. The summed E-state index contributed by atoms with van der Waals surface area (Å²) < 4.78 is 0. The Balaban J connectivity index is 2.09. The van der Waals surface area contributed by atoms with E-state index in [0.29, 0.717) is 4.99 Å². The molecule has 5 heteroatoms. The van der Waals surface area contributed by atoms with Crippen molar-refractivity contribution >= 4 is 46.0 Å². The first kappa shape index (κ1) is 15.4. The number of rotatable bonds is 7. The molecule has 20 heavy (non-hydrogen) atoms. The fourth-order valence-electron chi connectivity index (χ4n) is 1.98. The third kappa shape index (κ3) is 3.98. The van der Waals surface area contributed by atoms with Gasteiger partial charge in [0.05, 0.1) is 0 Å². The van der Waals surface area contributed by atoms with Gasteiger partial charge in [0.2, 0.25) is 0 Å². The summed E-state index contributed by atoms with van der Waals surface area (Å²) in [6.07, 6.45) is 1.01. The van der Waals surface area contributed by atoms with Crippen molar-refractivity contribution in [2.24, 2.45) is 5.73 Å². The van der Waals surface area contributed by atoms with Crippen LogP contribution in [0.5, 0.6) is 0 Å². The van der Waals surface area contributed by atoms with E-state index in [1.165, 1.54) is 4.88 Å². The minimum absolute atomic E-state index is 0.458. The molecule has 1 aromatic heterocycles. The highest BCUT2D eigenvalue weighted by atomic mass is 32.2. The molecule has 0 fully saturated rings. The van der Waals surface area contributed by atoms with E-state index in [-0.39, 0.29) is 0 Å². The number of thiocarbonyl (C=S) groups is 1. The Morgan fingerprint density at radius 2 is 2.20 bits per heavy atom. The molecule has 2 nitrogen and oxygen atoms in total. The van der Waals surface area contributed by atoms with Gasteiger partial charge in [-0.3, -0.25) is 0 Å². The predicted molar refractivity (Wildman–Crippen MR) is 95.2 cm³/mol. The molecule has 0 saturated carbocycles. The van der Waals surface area contributed by atoms with Crippen LogP contribution in [0.2, 0.25) is 0 Å². The van der Waals surface area contributed by atoms with E-state index < -0.39 is 0 Å². The van der Waals surface area contributed by atoms with E-state index in [1.807, 2.05) is 12.1 Å². The fourth-order valence-corrected chi connectivity index (χ4v) is 3.83. The van der Waals surface area contributed by atoms with E-state index >= 15 is 0 Å². The van der Waals surface area contributed by atoms with Gasteiger partial charge < -0.3 is 11.1 Å². The maximum atomic E-state index is 5.89. The summed E-state index contributed by atoms with van der Waals surface area (Å²) in [5.74, 6) is 1.01. The lowest BCUT2D eigenvalue weighted by molar-refractivity contribution is 1.04. The van der Waals surface area contributed by atoms with Gasteiger partial charge in [0.15, 0.2) is 0 Å². The third-order valence-corrected chi connectivity index (χ3v) is 4.92. The molecule has 0 aliphatic rings. The largest absolute Gasteiger partial charge is 0.389 e. The molecule has 0 spiro atoms. The third-order valence-electron chi connectivity index (χ3n) is 2.84. The molecule has 3 N–H and O–H groups in total. The lowest BCUT2D eigenvalue weighted by Gasteiger charge is -2.14. The highest BCUT2D eigenvalue weighted by molar-refractivity contribution is 7.99. The normalized spacial score (nSPS) is 10.4. The van der Waals surface area contributed by atoms with Crippen LogP contribution in [0, 0.1) is 0 Å². The molecule has 0 bridgehead atoms. The van der Waals surface area contributed by atoms with Gasteiger partial charge in [-0.25, -0.2) is 0 Å². The Kier molecular flexibility index (Phi) is 5.88. The van der Waals surface area contributed by atoms with Gasteiger partial charge in [-0.15, -0.1) is 23.1 Å². The van der Waals surface area contributed by atoms with Crippen LogP contribution >= 0.6 is 35.3 Å². The zero-order chi connectivity index (χ0) is 14.4. The molecule has 2 rings (SSSR count). The number of hydrogen-bond acceptors (Lipinski definition) is 4. The summed E-state index contributed by atoms with van der Waals surface area (Å²) in [7, 11) is 0. The zero-order valence-corrected chi connectivity index (χ0v) is 13.8. The van der Waals surface area contributed by atoms with Crippen molar-refractivity contribution in [1.82, 2.24) is 0 Å². The maximum absolute atomic E-state index is 5.89. The Hall–Kier alpha value is -1.04. The zero-order valence-electron chi connectivity index (χ0n) is 11.4. The van der Waals surface area contributed by atoms with Gasteiger partial charge in [0.25, 0.3) is 0 Å². The van der Waals surface area contributed by atoms with Crippen LogP contribution in [0.3, 0.4) is 0 Å². The second kappa shape index (κ2) is 7.67. The summed E-state index contributed by atoms with van der Waals surface area (Å²) in [6, 6.07) is 10.4. The second-order valence-electron chi connectivity index (χ2n) is 4.23. The number of thioether (sulfide) groups is 1. The molecule has 0 aliphatic heterocycles. The lowest BCUT2D eigenvalue weighted by Crippen LogP contribution is -2.15. The van der Waals surface area contributed by atoms with E-state index in [2.05, 4.69) is 35.8 Å². The minimum Gasteiger partial charge on any atom is -0.389 e. The Morgan fingerprint density at radius 3 is 2.85 bits per heavy atom. The summed E-state index contributed by atoms with van der Waals surface area (Å²) in [5, 5.41) is 5.56. The highest BCUT2D eigenvalue weighted by Crippen LogP contribution is 2.28. The smallest absolute Gasteiger partial charge is 0.107 e. The Morgan fingerprint density at radius 1 is 1.35 bits per heavy atom. The van der Waals surface area contributed by atoms with Crippen molar-refractivity contribution in [1.29, 1.82) is 0 Å². The number of nitrogens with one attached hydrogen (secondary N) is 1. The summed E-state index contributed by atoms with van der Waals surface area (Å²) in [6.45, 7) is 3.02. The number of thiophene rings is 1. The Labute approximate surface area is 133 Å². The average molecular weight is 323 g/mol. The maximum Gasteiger partial charge on any atom is 0.107 e. The summed E-state index contributed by atoms with van der Waals surface area (Å²) in [5.41, 5.74) is 7.90. The summed E-state index contributed by atoms with van der Waals surface area (Å²) in [4.78, 5) is 3.00. The van der Waals surface area contributed by atoms with Gasteiger partial charge in [-0.1, -0.05) is 31.3 Å². The van der Waals surface area contributed by atoms with Crippen molar-refractivity contribution in [3.8, 4) is 0 Å². The van der Waals surface area contributed by atoms with Gasteiger partial charge in [-0.2, -0.15) is 0 Å². The standard InChI is InChI=1S/C15H18N2S3/c1-2-19-13-7-3-6-12(14(13)15(16)18)17-9-8-11-5-4-10-20-11/h3-7,10,17H,2,8-9H2,1H3,(H2,16,18). The monoisotopic (exact) mass is 322 g/mol. The van der Waals surface area contributed by atoms with Crippen LogP contribution in [-0.4, -0.2) is 17.3 Å². The topological polar surface area (TPSA) is 38.0 Å². The van der Waals surface area contributed by atoms with Crippen molar-refractivity contribution in [2.45, 2.75) is 18.2 Å². The molecule has 0 saturated heterocycles. The molecule has 0 atom stereocenters. The molecule has 0 unspecified atom stereocenters. The number of nitrogens with two attached hydrogens (primary N) is 1. The number of anilines is 1. The van der Waals surface area contributed by atoms with Crippen LogP contribution in [-0.2, 0) is 6.42 Å². The first-order valence-corrected chi connectivity index (χ1v) is 8.81. The van der Waals surface area contributed by atoms with Gasteiger partial charge in [-0.05, 0) is 35.8 Å². The van der Waals surface area contributed by atoms with Crippen molar-refractivity contribution in [3.05, 3.63) is 46.2 Å². The molecule has 0 radical (unpaired) electrons. The van der Waals surface area contributed by atoms with E-state index in [4.69, 9.17) is 18.0 Å². The second-order valence-corrected chi connectivity index (χ2v) is 7.01. The lowest BCUT2D eigenvalue weighted by atomic mass is 10.1. The van der Waals surface area contributed by atoms with E-state index in [9.17, 15) is 0 Å². The van der Waals surface area contributed by atoms with Crippen LogP contribution in [0.4, 0.5) is 5.69 Å². The number of benzene rings is 1. The van der Waals surface area contributed by atoms with Crippen LogP contribution in [0.1, 0.15) is 17.4 Å². The van der Waals surface area contributed by atoms with Gasteiger partial charge in [0, 0.05) is 27.6 Å². The Bertz CT molecular complexity index is 565. The molecular weight excluding hydrogens is 304 g/mol. The van der Waals surface area contributed by atoms with Crippen LogP contribution in [0.15, 0.2) is 40.6 Å². The van der Waals surface area contributed by atoms with Crippen molar-refractivity contribution < 1.29 is 0 Å². The molecule has 106 valence electrons. The van der Waals surface area contributed by atoms with Crippen molar-refractivity contribution in [2.75, 3.05) is 17.6 Å². The predicted octanol–water partition coefficient (Wildman–Crippen LogP) is 4.15. The highest BCUT2D eigenvalue weighted by Gasteiger charge is 2.10. The molecule has 2 aromatic rings. The number of hydrogen-bond donors (Lipinski definition) is 2. The van der Waals surface area contributed by atoms with Crippen LogP contribution in [0.25, 0.3) is 0 Å². The minimum atomic E-state index is 0.458. The summed E-state index contributed by atoms with van der Waals surface area (Å²) >= 11 is 8.76. The molecular formula is C15H18N2S3. The SMILES string of the molecule is CCSc1cccc(NCCc2cccs2)c1C(N)=S. The van der Waals surface area contributed by atoms with Crippen molar-refractivity contribution in [3.63, 3.8) is 0 Å². The molecule has 1 heterocycles. The molecule has 1 aromatic carbocycles. The van der Waals surface area contributed by atoms with Crippen LogP contribution < -0.4 is 11.1 Å². The fraction of sp³-hybridized carbons (Fsp3) is 0.267. The first-order chi connectivity index (χ1) is 9.72. The molecule has 0 amide bonds. The average Bonchev–Trinajstić information content (AvgIpc) is 2.92. The van der Waals surface area contributed by atoms with Gasteiger partial charge in [0.1, 0.15) is 4.99 Å². The quantitative estimate of drug-likeness (QED) is 0.593.